The van der Waals surface area contributed by atoms with Crippen LogP contribution in [0, 0.1) is 11.8 Å². The number of anilines is 1. The van der Waals surface area contributed by atoms with Gasteiger partial charge in [0.2, 0.25) is 5.91 Å². The van der Waals surface area contributed by atoms with Crippen molar-refractivity contribution >= 4 is 40.6 Å². The lowest BCUT2D eigenvalue weighted by atomic mass is 9.96. The van der Waals surface area contributed by atoms with Crippen molar-refractivity contribution in [3.05, 3.63) is 23.2 Å². The van der Waals surface area contributed by atoms with E-state index in [-0.39, 0.29) is 5.91 Å². The van der Waals surface area contributed by atoms with Gasteiger partial charge in [0.05, 0.1) is 0 Å². The molecule has 0 aliphatic carbocycles. The normalized spacial score (nSPS) is 17.4. The van der Waals surface area contributed by atoms with E-state index in [2.05, 4.69) is 20.5 Å². The van der Waals surface area contributed by atoms with Gasteiger partial charge in [-0.05, 0) is 56.0 Å². The van der Waals surface area contributed by atoms with Crippen molar-refractivity contribution < 1.29 is 32.3 Å². The van der Waals surface area contributed by atoms with Crippen LogP contribution in [0.4, 0.5) is 19.2 Å². The molecule has 0 unspecified atom stereocenters. The summed E-state index contributed by atoms with van der Waals surface area (Å²) in [5, 5.41) is 14.1. The number of amides is 1. The molecule has 4 rings (SSSR count). The Bertz CT molecular complexity index is 941. The second-order valence-corrected chi connectivity index (χ2v) is 8.31. The number of nitrogens with zero attached hydrogens (tertiary/aromatic N) is 2. The minimum Gasteiger partial charge on any atom is -0.475 e. The summed E-state index contributed by atoms with van der Waals surface area (Å²) in [5.41, 5.74) is 1.56. The van der Waals surface area contributed by atoms with Crippen LogP contribution in [0.25, 0.3) is 11.1 Å². The van der Waals surface area contributed by atoms with Crippen LogP contribution in [0.2, 0.25) is 5.02 Å². The topological polar surface area (TPSA) is 108 Å². The van der Waals surface area contributed by atoms with Gasteiger partial charge in [-0.25, -0.2) is 4.79 Å². The zero-order valence-electron chi connectivity index (χ0n) is 17.1. The fraction of sp³-hybridized carbons (Fsp3) is 0.550. The highest BCUT2D eigenvalue weighted by molar-refractivity contribution is 6.31. The van der Waals surface area contributed by atoms with E-state index < -0.39 is 12.1 Å². The zero-order valence-corrected chi connectivity index (χ0v) is 17.9. The molecule has 1 aromatic heterocycles. The van der Waals surface area contributed by atoms with Crippen LogP contribution < -0.4 is 15.5 Å². The van der Waals surface area contributed by atoms with Gasteiger partial charge in [-0.15, -0.1) is 0 Å². The van der Waals surface area contributed by atoms with Crippen molar-refractivity contribution in [1.82, 2.24) is 15.6 Å². The van der Waals surface area contributed by atoms with Gasteiger partial charge >= 0.3 is 12.1 Å². The zero-order chi connectivity index (χ0) is 23.3. The molecule has 8 nitrogen and oxygen atoms in total. The molecule has 12 heteroatoms. The molecule has 3 N–H and O–H groups in total. The number of alkyl halides is 3. The number of hydrogen-bond acceptors (Lipinski definition) is 6. The number of piperidine rings is 1. The molecule has 1 aromatic carbocycles. The summed E-state index contributed by atoms with van der Waals surface area (Å²) in [7, 11) is 0. The Kier molecular flexibility index (Phi) is 7.83. The number of oxazole rings is 1. The predicted octanol–water partition coefficient (Wildman–Crippen LogP) is 3.06. The lowest BCUT2D eigenvalue weighted by molar-refractivity contribution is -0.192. The fourth-order valence-electron chi connectivity index (χ4n) is 3.44. The number of carbonyl (C=O) groups is 2. The first kappa shape index (κ1) is 24.1. The van der Waals surface area contributed by atoms with Gasteiger partial charge < -0.3 is 25.1 Å². The lowest BCUT2D eigenvalue weighted by Gasteiger charge is -2.31. The van der Waals surface area contributed by atoms with E-state index in [1.165, 1.54) is 0 Å². The largest absolute Gasteiger partial charge is 0.490 e. The van der Waals surface area contributed by atoms with Gasteiger partial charge in [-0.2, -0.15) is 18.2 Å². The van der Waals surface area contributed by atoms with E-state index >= 15 is 0 Å². The number of aromatic nitrogens is 1. The van der Waals surface area contributed by atoms with Gasteiger partial charge in [-0.3, -0.25) is 4.79 Å². The molecular weight excluding hydrogens is 453 g/mol. The number of rotatable bonds is 5. The van der Waals surface area contributed by atoms with E-state index in [1.54, 1.807) is 0 Å². The molecule has 1 amide bonds. The molecule has 2 saturated heterocycles. The van der Waals surface area contributed by atoms with Crippen molar-refractivity contribution in [3.63, 3.8) is 0 Å². The number of halogens is 4. The van der Waals surface area contributed by atoms with Crippen molar-refractivity contribution in [1.29, 1.82) is 0 Å². The van der Waals surface area contributed by atoms with Crippen LogP contribution in [0.3, 0.4) is 0 Å². The molecule has 2 aliphatic heterocycles. The first-order chi connectivity index (χ1) is 15.1. The molecule has 0 radical (unpaired) electrons. The van der Waals surface area contributed by atoms with Gasteiger partial charge in [-0.1, -0.05) is 11.6 Å². The first-order valence-electron chi connectivity index (χ1n) is 10.2. The molecule has 0 bridgehead atoms. The van der Waals surface area contributed by atoms with Crippen LogP contribution in [-0.4, -0.2) is 60.9 Å². The highest BCUT2D eigenvalue weighted by Crippen LogP contribution is 2.27. The van der Waals surface area contributed by atoms with Crippen molar-refractivity contribution in [3.8, 4) is 0 Å². The summed E-state index contributed by atoms with van der Waals surface area (Å²) in [6.45, 7) is 4.51. The van der Waals surface area contributed by atoms with E-state index in [1.807, 2.05) is 18.2 Å². The van der Waals surface area contributed by atoms with Crippen LogP contribution >= 0.6 is 11.6 Å². The Morgan fingerprint density at radius 1 is 1.25 bits per heavy atom. The minimum absolute atomic E-state index is 0.185. The van der Waals surface area contributed by atoms with Crippen molar-refractivity contribution in [2.24, 2.45) is 11.8 Å². The third-order valence-corrected chi connectivity index (χ3v) is 5.63. The highest BCUT2D eigenvalue weighted by atomic mass is 35.5. The minimum atomic E-state index is -5.08. The Morgan fingerprint density at radius 3 is 2.47 bits per heavy atom. The van der Waals surface area contributed by atoms with E-state index in [9.17, 15) is 18.0 Å². The molecule has 0 spiro atoms. The Hall–Kier alpha value is -2.53. The second-order valence-electron chi connectivity index (χ2n) is 7.87. The van der Waals surface area contributed by atoms with Gasteiger partial charge in [0.25, 0.3) is 6.01 Å². The van der Waals surface area contributed by atoms with Crippen molar-refractivity contribution in [2.45, 2.75) is 25.4 Å². The third-order valence-electron chi connectivity index (χ3n) is 5.39. The molecule has 2 aliphatic rings. The average Bonchev–Trinajstić information content (AvgIpc) is 3.12. The summed E-state index contributed by atoms with van der Waals surface area (Å²) in [6, 6.07) is 6.16. The predicted molar refractivity (Wildman–Crippen MR) is 112 cm³/mol. The second kappa shape index (κ2) is 10.4. The Balaban J connectivity index is 0.000000360. The number of carboxylic acid groups (broad SMARTS) is 1. The number of carboxylic acids is 1. The summed E-state index contributed by atoms with van der Waals surface area (Å²) in [4.78, 5) is 27.5. The molecule has 176 valence electrons. The van der Waals surface area contributed by atoms with Crippen LogP contribution in [0.1, 0.15) is 19.3 Å². The van der Waals surface area contributed by atoms with Gasteiger partial charge in [0.1, 0.15) is 5.52 Å². The van der Waals surface area contributed by atoms with E-state index in [4.69, 9.17) is 25.9 Å². The quantitative estimate of drug-likeness (QED) is 0.608. The van der Waals surface area contributed by atoms with Crippen LogP contribution in [0.15, 0.2) is 22.6 Å². The maximum atomic E-state index is 11.9. The molecule has 0 saturated carbocycles. The number of aliphatic carboxylic acids is 1. The fourth-order valence-corrected chi connectivity index (χ4v) is 3.60. The smallest absolute Gasteiger partial charge is 0.475 e. The Labute approximate surface area is 187 Å². The standard InChI is InChI=1S/C18H23ClN4O2.C2HF3O2/c19-14-1-2-16-15(8-14)22-18(25-16)23-5-3-12(4-6-23)11-21-17(24)7-13-9-20-10-13;3-2(4,5)1(6)7/h1-2,8,12-13,20H,3-7,9-11H2,(H,21,24);(H,6,7). The SMILES string of the molecule is O=C(CC1CNC1)NCC1CCN(c2nc3cc(Cl)ccc3o2)CC1.O=C(O)C(F)(F)F. The number of fused-ring (bicyclic) bond motifs is 1. The van der Waals surface area contributed by atoms with Crippen LogP contribution in [0.5, 0.6) is 0 Å². The molecule has 3 heterocycles. The summed E-state index contributed by atoms with van der Waals surface area (Å²) in [5.74, 6) is -1.52. The van der Waals surface area contributed by atoms with Crippen LogP contribution in [-0.2, 0) is 9.59 Å². The highest BCUT2D eigenvalue weighted by Gasteiger charge is 2.38. The van der Waals surface area contributed by atoms with Gasteiger partial charge in [0.15, 0.2) is 5.58 Å². The lowest BCUT2D eigenvalue weighted by Crippen LogP contribution is -2.45. The molecule has 32 heavy (non-hydrogen) atoms. The molecule has 2 aromatic rings. The third kappa shape index (κ3) is 6.73. The summed E-state index contributed by atoms with van der Waals surface area (Å²) < 4.78 is 37.6. The first-order valence-corrected chi connectivity index (χ1v) is 10.6. The van der Waals surface area contributed by atoms with Crippen molar-refractivity contribution in [2.75, 3.05) is 37.6 Å². The Morgan fingerprint density at radius 2 is 1.91 bits per heavy atom. The molecule has 0 atom stereocenters. The monoisotopic (exact) mass is 476 g/mol. The van der Waals surface area contributed by atoms with E-state index in [0.717, 1.165) is 56.7 Å². The molecular formula is C20H24ClF3N4O4. The summed E-state index contributed by atoms with van der Waals surface area (Å²) in [6.07, 6.45) is -2.37. The summed E-state index contributed by atoms with van der Waals surface area (Å²) >= 11 is 6.00. The number of carbonyl (C=O) groups excluding carboxylic acids is 1. The number of nitrogens with one attached hydrogen (secondary N) is 2. The number of hydrogen-bond donors (Lipinski definition) is 3. The average molecular weight is 477 g/mol. The maximum absolute atomic E-state index is 11.9. The van der Waals surface area contributed by atoms with E-state index in [0.29, 0.717) is 29.3 Å². The number of benzene rings is 1. The maximum Gasteiger partial charge on any atom is 0.490 e. The molecule has 2 fully saturated rings. The van der Waals surface area contributed by atoms with Gasteiger partial charge in [0, 0.05) is 31.1 Å².